The Morgan fingerprint density at radius 2 is 1.93 bits per heavy atom. The van der Waals surface area contributed by atoms with Crippen LogP contribution in [0.15, 0.2) is 48.5 Å². The highest BCUT2D eigenvalue weighted by molar-refractivity contribution is 7.99. The molecule has 0 heterocycles. The van der Waals surface area contributed by atoms with Crippen molar-refractivity contribution in [1.29, 1.82) is 0 Å². The maximum absolute atomic E-state index is 12.2. The number of benzene rings is 2. The van der Waals surface area contributed by atoms with Gasteiger partial charge in [-0.2, -0.15) is 0 Å². The molecule has 27 heavy (non-hydrogen) atoms. The van der Waals surface area contributed by atoms with Gasteiger partial charge in [-0.15, -0.1) is 11.8 Å². The van der Waals surface area contributed by atoms with Crippen LogP contribution in [0.1, 0.15) is 41.1 Å². The molecule has 0 saturated carbocycles. The van der Waals surface area contributed by atoms with Gasteiger partial charge < -0.3 is 10.1 Å². The van der Waals surface area contributed by atoms with E-state index in [1.54, 1.807) is 0 Å². The number of ether oxygens (including phenoxy) is 1. The van der Waals surface area contributed by atoms with Crippen molar-refractivity contribution >= 4 is 23.6 Å². The van der Waals surface area contributed by atoms with Gasteiger partial charge in [0.15, 0.2) is 6.61 Å². The molecule has 0 radical (unpaired) electrons. The van der Waals surface area contributed by atoms with Crippen molar-refractivity contribution in [3.8, 4) is 0 Å². The zero-order valence-electron chi connectivity index (χ0n) is 15.6. The first kappa shape index (κ1) is 19.5. The van der Waals surface area contributed by atoms with Crippen LogP contribution < -0.4 is 5.32 Å². The van der Waals surface area contributed by atoms with Crippen molar-refractivity contribution in [2.45, 2.75) is 38.0 Å². The number of fused-ring (bicyclic) bond motifs is 1. The summed E-state index contributed by atoms with van der Waals surface area (Å²) in [5.41, 5.74) is 4.86. The fraction of sp³-hybridized carbons (Fsp3) is 0.364. The third-order valence-electron chi connectivity index (χ3n) is 4.68. The minimum Gasteiger partial charge on any atom is -0.455 e. The summed E-state index contributed by atoms with van der Waals surface area (Å²) >= 11 is 1.49. The topological polar surface area (TPSA) is 55.4 Å². The fourth-order valence-electron chi connectivity index (χ4n) is 3.26. The Hall–Kier alpha value is -2.27. The Labute approximate surface area is 164 Å². The van der Waals surface area contributed by atoms with Crippen LogP contribution in [0, 0.1) is 6.92 Å². The second kappa shape index (κ2) is 9.60. The molecule has 1 N–H and O–H groups in total. The molecule has 1 aliphatic carbocycles. The Bertz CT molecular complexity index is 788. The summed E-state index contributed by atoms with van der Waals surface area (Å²) in [7, 11) is 0. The van der Waals surface area contributed by atoms with Gasteiger partial charge in [-0.25, -0.2) is 0 Å². The number of nitrogens with one attached hydrogen (secondary N) is 1. The molecule has 1 aliphatic rings. The molecule has 2 aromatic carbocycles. The summed E-state index contributed by atoms with van der Waals surface area (Å²) in [6, 6.07) is 16.4. The number of amides is 1. The Kier molecular flexibility index (Phi) is 6.93. The molecule has 0 bridgehead atoms. The smallest absolute Gasteiger partial charge is 0.316 e. The molecule has 0 spiro atoms. The SMILES string of the molecule is Cc1ccc(CSCC(=O)OCC(=O)N[C@@H]2CCCc3ccccc32)cc1. The molecule has 5 heteroatoms. The average molecular weight is 384 g/mol. The Morgan fingerprint density at radius 1 is 1.15 bits per heavy atom. The molecule has 0 aliphatic heterocycles. The summed E-state index contributed by atoms with van der Waals surface area (Å²) < 4.78 is 5.12. The second-order valence-corrected chi connectivity index (χ2v) is 7.84. The van der Waals surface area contributed by atoms with Gasteiger partial charge in [0, 0.05) is 5.75 Å². The fourth-order valence-corrected chi connectivity index (χ4v) is 4.04. The van der Waals surface area contributed by atoms with Crippen LogP contribution in [0.25, 0.3) is 0 Å². The molecular weight excluding hydrogens is 358 g/mol. The number of rotatable bonds is 7. The maximum Gasteiger partial charge on any atom is 0.316 e. The van der Waals surface area contributed by atoms with Crippen molar-refractivity contribution in [3.63, 3.8) is 0 Å². The minimum atomic E-state index is -0.355. The van der Waals surface area contributed by atoms with Gasteiger partial charge in [0.2, 0.25) is 0 Å². The van der Waals surface area contributed by atoms with Crippen molar-refractivity contribution in [3.05, 3.63) is 70.8 Å². The zero-order chi connectivity index (χ0) is 19.1. The van der Waals surface area contributed by atoms with Crippen LogP contribution in [0.4, 0.5) is 0 Å². The first-order valence-corrected chi connectivity index (χ1v) is 10.4. The first-order valence-electron chi connectivity index (χ1n) is 9.28. The van der Waals surface area contributed by atoms with Gasteiger partial charge in [0.05, 0.1) is 11.8 Å². The number of aryl methyl sites for hydroxylation is 2. The van der Waals surface area contributed by atoms with Crippen molar-refractivity contribution in [1.82, 2.24) is 5.32 Å². The van der Waals surface area contributed by atoms with Crippen LogP contribution >= 0.6 is 11.8 Å². The largest absolute Gasteiger partial charge is 0.455 e. The predicted octanol–water partition coefficient (Wildman–Crippen LogP) is 3.97. The van der Waals surface area contributed by atoms with E-state index in [1.807, 2.05) is 19.1 Å². The average Bonchev–Trinajstić information content (AvgIpc) is 2.68. The predicted molar refractivity (Wildman–Crippen MR) is 109 cm³/mol. The van der Waals surface area contributed by atoms with E-state index in [4.69, 9.17) is 4.74 Å². The summed E-state index contributed by atoms with van der Waals surface area (Å²) in [6.45, 7) is 1.83. The zero-order valence-corrected chi connectivity index (χ0v) is 16.4. The number of esters is 1. The molecular formula is C22H25NO3S. The van der Waals surface area contributed by atoms with E-state index in [-0.39, 0.29) is 30.3 Å². The number of hydrogen-bond donors (Lipinski definition) is 1. The normalized spacial score (nSPS) is 15.7. The van der Waals surface area contributed by atoms with E-state index in [0.717, 1.165) is 25.0 Å². The second-order valence-electron chi connectivity index (χ2n) is 6.85. The minimum absolute atomic E-state index is 0.0112. The van der Waals surface area contributed by atoms with Gasteiger partial charge in [0.1, 0.15) is 0 Å². The highest BCUT2D eigenvalue weighted by atomic mass is 32.2. The lowest BCUT2D eigenvalue weighted by Crippen LogP contribution is -2.34. The molecule has 142 valence electrons. The van der Waals surface area contributed by atoms with E-state index < -0.39 is 0 Å². The van der Waals surface area contributed by atoms with Crippen molar-refractivity contribution < 1.29 is 14.3 Å². The molecule has 0 saturated heterocycles. The summed E-state index contributed by atoms with van der Waals surface area (Å²) in [5.74, 6) is 0.397. The van der Waals surface area contributed by atoms with Crippen LogP contribution in [0.5, 0.6) is 0 Å². The molecule has 0 unspecified atom stereocenters. The first-order chi connectivity index (χ1) is 13.1. The summed E-state index contributed by atoms with van der Waals surface area (Å²) in [4.78, 5) is 24.0. The van der Waals surface area contributed by atoms with E-state index in [9.17, 15) is 9.59 Å². The number of carbonyl (C=O) groups excluding carboxylic acids is 2. The van der Waals surface area contributed by atoms with Gasteiger partial charge in [-0.1, -0.05) is 54.1 Å². The monoisotopic (exact) mass is 383 g/mol. The van der Waals surface area contributed by atoms with Crippen molar-refractivity contribution in [2.75, 3.05) is 12.4 Å². The highest BCUT2D eigenvalue weighted by Crippen LogP contribution is 2.29. The van der Waals surface area contributed by atoms with Gasteiger partial charge in [-0.05, 0) is 42.9 Å². The van der Waals surface area contributed by atoms with E-state index in [2.05, 4.69) is 41.7 Å². The van der Waals surface area contributed by atoms with E-state index in [0.29, 0.717) is 0 Å². The quantitative estimate of drug-likeness (QED) is 0.735. The van der Waals surface area contributed by atoms with Gasteiger partial charge in [-0.3, -0.25) is 9.59 Å². The molecule has 1 amide bonds. The van der Waals surface area contributed by atoms with Gasteiger partial charge >= 0.3 is 5.97 Å². The Balaban J connectivity index is 1.38. The van der Waals surface area contributed by atoms with Crippen LogP contribution in [-0.2, 0) is 26.5 Å². The maximum atomic E-state index is 12.2. The highest BCUT2D eigenvalue weighted by Gasteiger charge is 2.21. The van der Waals surface area contributed by atoms with E-state index in [1.165, 1.54) is 34.0 Å². The van der Waals surface area contributed by atoms with Crippen molar-refractivity contribution in [2.24, 2.45) is 0 Å². The van der Waals surface area contributed by atoms with Crippen LogP contribution in [-0.4, -0.2) is 24.2 Å². The Morgan fingerprint density at radius 3 is 2.74 bits per heavy atom. The molecule has 1 atom stereocenters. The van der Waals surface area contributed by atoms with Crippen LogP contribution in [0.3, 0.4) is 0 Å². The molecule has 0 fully saturated rings. The number of hydrogen-bond acceptors (Lipinski definition) is 4. The number of thioether (sulfide) groups is 1. The standard InChI is InChI=1S/C22H25NO3S/c1-16-9-11-17(12-10-16)14-27-15-22(25)26-13-21(24)23-20-8-4-6-18-5-2-3-7-19(18)20/h2-3,5,7,9-12,20H,4,6,8,13-15H2,1H3,(H,23,24)/t20-/m1/s1. The third-order valence-corrected chi connectivity index (χ3v) is 5.66. The molecule has 2 aromatic rings. The molecule has 0 aromatic heterocycles. The summed E-state index contributed by atoms with van der Waals surface area (Å²) in [5, 5.41) is 2.99. The van der Waals surface area contributed by atoms with E-state index >= 15 is 0 Å². The molecule has 4 nitrogen and oxygen atoms in total. The summed E-state index contributed by atoms with van der Waals surface area (Å²) in [6.07, 6.45) is 3.02. The lowest BCUT2D eigenvalue weighted by Gasteiger charge is -2.26. The number of carbonyl (C=O) groups is 2. The lowest BCUT2D eigenvalue weighted by molar-refractivity contribution is -0.146. The van der Waals surface area contributed by atoms with Gasteiger partial charge in [0.25, 0.3) is 5.91 Å². The van der Waals surface area contributed by atoms with Crippen LogP contribution in [0.2, 0.25) is 0 Å². The third kappa shape index (κ3) is 5.86. The lowest BCUT2D eigenvalue weighted by atomic mass is 9.88. The molecule has 3 rings (SSSR count).